The van der Waals surface area contributed by atoms with E-state index in [0.717, 1.165) is 44.8 Å². The molecular formula is C12H15FNO. The average Bonchev–Trinajstić information content (AvgIpc) is 2.30. The van der Waals surface area contributed by atoms with E-state index in [0.29, 0.717) is 0 Å². The van der Waals surface area contributed by atoms with Gasteiger partial charge in [0, 0.05) is 19.6 Å². The molecule has 0 bridgehead atoms. The lowest BCUT2D eigenvalue weighted by Crippen LogP contribution is -2.37. The first-order valence-electron chi connectivity index (χ1n) is 5.31. The molecule has 0 atom stereocenters. The average molecular weight is 208 g/mol. The van der Waals surface area contributed by atoms with Crippen LogP contribution in [-0.4, -0.2) is 37.7 Å². The SMILES string of the molecule is Fc1c[c]c(CCN2CCOCC2)cc1. The lowest BCUT2D eigenvalue weighted by molar-refractivity contribution is 0.0384. The Hall–Kier alpha value is -0.930. The minimum atomic E-state index is -0.217. The highest BCUT2D eigenvalue weighted by atomic mass is 19.1. The van der Waals surface area contributed by atoms with E-state index in [1.165, 1.54) is 12.1 Å². The van der Waals surface area contributed by atoms with Gasteiger partial charge in [0.2, 0.25) is 0 Å². The van der Waals surface area contributed by atoms with Gasteiger partial charge in [0.05, 0.1) is 13.2 Å². The van der Waals surface area contributed by atoms with Crippen LogP contribution in [0.1, 0.15) is 5.56 Å². The number of rotatable bonds is 3. The van der Waals surface area contributed by atoms with Crippen LogP contribution < -0.4 is 0 Å². The molecule has 81 valence electrons. The van der Waals surface area contributed by atoms with Crippen LogP contribution in [0, 0.1) is 11.9 Å². The molecule has 1 heterocycles. The standard InChI is InChI=1S/C12H15FNO/c13-12-3-1-11(2-4-12)5-6-14-7-9-15-10-8-14/h1,3-4H,5-10H2. The molecule has 1 aromatic rings. The highest BCUT2D eigenvalue weighted by molar-refractivity contribution is 5.14. The Morgan fingerprint density at radius 3 is 2.80 bits per heavy atom. The molecule has 2 nitrogen and oxygen atoms in total. The molecule has 0 amide bonds. The second kappa shape index (κ2) is 5.24. The summed E-state index contributed by atoms with van der Waals surface area (Å²) in [5.41, 5.74) is 1.07. The number of hydrogen-bond acceptors (Lipinski definition) is 2. The minimum absolute atomic E-state index is 0.217. The molecule has 0 N–H and O–H groups in total. The molecule has 0 saturated carbocycles. The molecule has 15 heavy (non-hydrogen) atoms. The van der Waals surface area contributed by atoms with Gasteiger partial charge in [-0.1, -0.05) is 6.07 Å². The molecule has 0 unspecified atom stereocenters. The fraction of sp³-hybridized carbons (Fsp3) is 0.500. The Balaban J connectivity index is 1.79. The highest BCUT2D eigenvalue weighted by Gasteiger charge is 2.09. The quantitative estimate of drug-likeness (QED) is 0.746. The Kier molecular flexibility index (Phi) is 3.69. The van der Waals surface area contributed by atoms with E-state index in [1.807, 2.05) is 0 Å². The maximum absolute atomic E-state index is 12.6. The summed E-state index contributed by atoms with van der Waals surface area (Å²) in [7, 11) is 0. The zero-order chi connectivity index (χ0) is 10.5. The lowest BCUT2D eigenvalue weighted by Gasteiger charge is -2.26. The monoisotopic (exact) mass is 208 g/mol. The second-order valence-corrected chi connectivity index (χ2v) is 3.74. The first kappa shape index (κ1) is 10.6. The van der Waals surface area contributed by atoms with Gasteiger partial charge in [-0.3, -0.25) is 4.90 Å². The normalized spacial score (nSPS) is 17.9. The Morgan fingerprint density at radius 1 is 1.33 bits per heavy atom. The molecule has 0 spiro atoms. The predicted molar refractivity (Wildman–Crippen MR) is 56.2 cm³/mol. The Bertz CT molecular complexity index is 293. The third-order valence-electron chi connectivity index (χ3n) is 2.64. The third-order valence-corrected chi connectivity index (χ3v) is 2.64. The number of halogens is 1. The van der Waals surface area contributed by atoms with Crippen LogP contribution >= 0.6 is 0 Å². The van der Waals surface area contributed by atoms with Crippen LogP contribution in [-0.2, 0) is 11.2 Å². The first-order valence-corrected chi connectivity index (χ1v) is 5.31. The number of morpholine rings is 1. The summed E-state index contributed by atoms with van der Waals surface area (Å²) in [6.07, 6.45) is 0.931. The smallest absolute Gasteiger partial charge is 0.123 e. The van der Waals surface area contributed by atoms with Crippen molar-refractivity contribution in [3.05, 3.63) is 35.6 Å². The Labute approximate surface area is 89.7 Å². The van der Waals surface area contributed by atoms with Gasteiger partial charge in [0.15, 0.2) is 0 Å². The number of hydrogen-bond donors (Lipinski definition) is 0. The van der Waals surface area contributed by atoms with E-state index in [2.05, 4.69) is 11.0 Å². The zero-order valence-corrected chi connectivity index (χ0v) is 8.71. The molecule has 1 fully saturated rings. The lowest BCUT2D eigenvalue weighted by atomic mass is 10.1. The highest BCUT2D eigenvalue weighted by Crippen LogP contribution is 2.05. The molecule has 1 aliphatic heterocycles. The van der Waals surface area contributed by atoms with Gasteiger partial charge in [-0.15, -0.1) is 0 Å². The minimum Gasteiger partial charge on any atom is -0.379 e. The second-order valence-electron chi connectivity index (χ2n) is 3.74. The van der Waals surface area contributed by atoms with Crippen molar-refractivity contribution >= 4 is 0 Å². The van der Waals surface area contributed by atoms with E-state index >= 15 is 0 Å². The largest absolute Gasteiger partial charge is 0.379 e. The van der Waals surface area contributed by atoms with Crippen LogP contribution in [0.3, 0.4) is 0 Å². The van der Waals surface area contributed by atoms with Crippen molar-refractivity contribution in [2.45, 2.75) is 6.42 Å². The summed E-state index contributed by atoms with van der Waals surface area (Å²) in [5, 5.41) is 0. The van der Waals surface area contributed by atoms with Crippen molar-refractivity contribution in [2.24, 2.45) is 0 Å². The first-order chi connectivity index (χ1) is 7.34. The van der Waals surface area contributed by atoms with Crippen molar-refractivity contribution in [1.29, 1.82) is 0 Å². The van der Waals surface area contributed by atoms with E-state index in [9.17, 15) is 4.39 Å². The number of ether oxygens (including phenoxy) is 1. The third kappa shape index (κ3) is 3.29. The Morgan fingerprint density at radius 2 is 2.13 bits per heavy atom. The van der Waals surface area contributed by atoms with E-state index in [4.69, 9.17) is 4.74 Å². The maximum atomic E-state index is 12.6. The summed E-state index contributed by atoms with van der Waals surface area (Å²) in [5.74, 6) is -0.217. The van der Waals surface area contributed by atoms with Crippen LogP contribution in [0.5, 0.6) is 0 Å². The molecule has 3 heteroatoms. The van der Waals surface area contributed by atoms with Gasteiger partial charge < -0.3 is 4.74 Å². The zero-order valence-electron chi connectivity index (χ0n) is 8.71. The molecule has 1 aromatic carbocycles. The topological polar surface area (TPSA) is 12.5 Å². The van der Waals surface area contributed by atoms with Gasteiger partial charge in [-0.25, -0.2) is 4.39 Å². The van der Waals surface area contributed by atoms with E-state index < -0.39 is 0 Å². The van der Waals surface area contributed by atoms with Gasteiger partial charge in [0.25, 0.3) is 0 Å². The van der Waals surface area contributed by atoms with Crippen molar-refractivity contribution in [2.75, 3.05) is 32.8 Å². The summed E-state index contributed by atoms with van der Waals surface area (Å²) in [6, 6.07) is 7.63. The molecular weight excluding hydrogens is 193 g/mol. The molecule has 1 saturated heterocycles. The molecule has 1 aliphatic rings. The summed E-state index contributed by atoms with van der Waals surface area (Å²) in [6.45, 7) is 4.66. The van der Waals surface area contributed by atoms with Crippen LogP contribution in [0.2, 0.25) is 0 Å². The summed E-state index contributed by atoms with van der Waals surface area (Å²) >= 11 is 0. The van der Waals surface area contributed by atoms with Gasteiger partial charge in [-0.2, -0.15) is 0 Å². The molecule has 0 aromatic heterocycles. The molecule has 1 radical (unpaired) electrons. The van der Waals surface area contributed by atoms with Crippen molar-refractivity contribution in [3.63, 3.8) is 0 Å². The fourth-order valence-corrected chi connectivity index (χ4v) is 1.70. The van der Waals surface area contributed by atoms with Crippen molar-refractivity contribution in [1.82, 2.24) is 4.90 Å². The van der Waals surface area contributed by atoms with Crippen molar-refractivity contribution in [3.8, 4) is 0 Å². The van der Waals surface area contributed by atoms with Gasteiger partial charge >= 0.3 is 0 Å². The van der Waals surface area contributed by atoms with Gasteiger partial charge in [0.1, 0.15) is 5.82 Å². The molecule has 0 aliphatic carbocycles. The number of benzene rings is 1. The number of nitrogens with zero attached hydrogens (tertiary/aromatic N) is 1. The van der Waals surface area contributed by atoms with E-state index in [-0.39, 0.29) is 5.82 Å². The van der Waals surface area contributed by atoms with E-state index in [1.54, 1.807) is 6.07 Å². The molecule has 2 rings (SSSR count). The fourth-order valence-electron chi connectivity index (χ4n) is 1.70. The van der Waals surface area contributed by atoms with Crippen LogP contribution in [0.4, 0.5) is 4.39 Å². The maximum Gasteiger partial charge on any atom is 0.123 e. The van der Waals surface area contributed by atoms with Crippen molar-refractivity contribution < 1.29 is 9.13 Å². The summed E-state index contributed by atoms with van der Waals surface area (Å²) < 4.78 is 17.9. The van der Waals surface area contributed by atoms with Crippen LogP contribution in [0.15, 0.2) is 18.2 Å². The summed E-state index contributed by atoms with van der Waals surface area (Å²) in [4.78, 5) is 2.36. The predicted octanol–water partition coefficient (Wildman–Crippen LogP) is 1.50. The van der Waals surface area contributed by atoms with Crippen LogP contribution in [0.25, 0.3) is 0 Å². The van der Waals surface area contributed by atoms with Gasteiger partial charge in [-0.05, 0) is 30.2 Å².